The number of hydrogen-bond acceptors (Lipinski definition) is 4. The summed E-state index contributed by atoms with van der Waals surface area (Å²) in [4.78, 5) is 15.1. The number of nitrogens with one attached hydrogen (secondary N) is 1. The molecule has 1 aromatic heterocycles. The van der Waals surface area contributed by atoms with E-state index in [-0.39, 0.29) is 16.9 Å². The van der Waals surface area contributed by atoms with Gasteiger partial charge in [-0.25, -0.2) is 4.39 Å². The Morgan fingerprint density at radius 2 is 2.00 bits per heavy atom. The van der Waals surface area contributed by atoms with E-state index in [1.54, 1.807) is 12.4 Å². The van der Waals surface area contributed by atoms with Gasteiger partial charge in [0.2, 0.25) is 0 Å². The summed E-state index contributed by atoms with van der Waals surface area (Å²) in [7, 11) is 0. The predicted molar refractivity (Wildman–Crippen MR) is 75.8 cm³/mol. The number of nitrogens with zero attached hydrogens (tertiary/aromatic N) is 1. The highest BCUT2D eigenvalue weighted by Gasteiger charge is 2.11. The highest BCUT2D eigenvalue weighted by atomic mass is 19.1. The molecule has 1 heterocycles. The summed E-state index contributed by atoms with van der Waals surface area (Å²) < 4.78 is 13.7. The Morgan fingerprint density at radius 3 is 2.65 bits per heavy atom. The molecular formula is C14H15FN4O. The van der Waals surface area contributed by atoms with E-state index in [0.717, 1.165) is 11.6 Å². The van der Waals surface area contributed by atoms with E-state index in [1.807, 2.05) is 12.1 Å². The van der Waals surface area contributed by atoms with Crippen molar-refractivity contribution in [1.29, 1.82) is 0 Å². The van der Waals surface area contributed by atoms with E-state index in [1.165, 1.54) is 6.07 Å². The Labute approximate surface area is 115 Å². The molecule has 2 aromatic rings. The number of nitrogen functional groups attached to an aromatic ring is 1. The van der Waals surface area contributed by atoms with Crippen LogP contribution in [0.1, 0.15) is 15.9 Å². The number of hydrogen-bond donors (Lipinski definition) is 3. The smallest absolute Gasteiger partial charge is 0.250 e. The van der Waals surface area contributed by atoms with E-state index in [0.29, 0.717) is 13.0 Å². The van der Waals surface area contributed by atoms with E-state index >= 15 is 0 Å². The van der Waals surface area contributed by atoms with Crippen molar-refractivity contribution in [2.75, 3.05) is 17.6 Å². The summed E-state index contributed by atoms with van der Waals surface area (Å²) in [6, 6.07) is 6.19. The number of primary amides is 1. The molecule has 20 heavy (non-hydrogen) atoms. The molecule has 0 radical (unpaired) electrons. The minimum atomic E-state index is -0.681. The predicted octanol–water partition coefficient (Wildman–Crippen LogP) is 1.56. The van der Waals surface area contributed by atoms with E-state index in [4.69, 9.17) is 11.5 Å². The van der Waals surface area contributed by atoms with Crippen LogP contribution in [0.3, 0.4) is 0 Å². The maximum Gasteiger partial charge on any atom is 0.250 e. The van der Waals surface area contributed by atoms with Crippen LogP contribution in [0.4, 0.5) is 15.8 Å². The monoisotopic (exact) mass is 274 g/mol. The van der Waals surface area contributed by atoms with Gasteiger partial charge in [-0.3, -0.25) is 9.78 Å². The van der Waals surface area contributed by atoms with Gasteiger partial charge in [-0.05, 0) is 36.2 Å². The summed E-state index contributed by atoms with van der Waals surface area (Å²) in [5.74, 6) is -1.19. The van der Waals surface area contributed by atoms with Crippen molar-refractivity contribution in [2.24, 2.45) is 5.73 Å². The highest BCUT2D eigenvalue weighted by molar-refractivity contribution is 5.99. The minimum absolute atomic E-state index is 0.0367. The molecule has 0 spiro atoms. The molecular weight excluding hydrogens is 259 g/mol. The third-order valence-electron chi connectivity index (χ3n) is 2.88. The van der Waals surface area contributed by atoms with Gasteiger partial charge in [0.05, 0.1) is 11.3 Å². The first-order valence-electron chi connectivity index (χ1n) is 6.09. The molecule has 2 rings (SSSR count). The molecule has 0 bridgehead atoms. The lowest BCUT2D eigenvalue weighted by atomic mass is 10.1. The van der Waals surface area contributed by atoms with Gasteiger partial charge in [-0.2, -0.15) is 0 Å². The van der Waals surface area contributed by atoms with Gasteiger partial charge in [0.25, 0.3) is 5.91 Å². The Hall–Kier alpha value is -2.63. The van der Waals surface area contributed by atoms with Crippen molar-refractivity contribution in [1.82, 2.24) is 4.98 Å². The summed E-state index contributed by atoms with van der Waals surface area (Å²) in [6.07, 6.45) is 4.10. The Kier molecular flexibility index (Phi) is 4.14. The van der Waals surface area contributed by atoms with Crippen LogP contribution in [0.5, 0.6) is 0 Å². The zero-order valence-corrected chi connectivity index (χ0v) is 10.8. The third-order valence-corrected chi connectivity index (χ3v) is 2.88. The van der Waals surface area contributed by atoms with Crippen LogP contribution < -0.4 is 16.8 Å². The van der Waals surface area contributed by atoms with Gasteiger partial charge >= 0.3 is 0 Å². The molecule has 6 heteroatoms. The van der Waals surface area contributed by atoms with Crippen LogP contribution >= 0.6 is 0 Å². The minimum Gasteiger partial charge on any atom is -0.398 e. The van der Waals surface area contributed by atoms with Crippen LogP contribution in [0.2, 0.25) is 0 Å². The summed E-state index contributed by atoms with van der Waals surface area (Å²) in [5.41, 5.74) is 12.2. The Morgan fingerprint density at radius 1 is 1.30 bits per heavy atom. The quantitative estimate of drug-likeness (QED) is 0.721. The zero-order valence-electron chi connectivity index (χ0n) is 10.8. The van der Waals surface area contributed by atoms with E-state index in [9.17, 15) is 9.18 Å². The standard InChI is InChI=1S/C14H15FN4O/c15-11-8-12(16)10(14(17)20)7-13(11)19-6-3-9-1-4-18-5-2-9/h1-2,4-5,7-8,19H,3,6,16H2,(H2,17,20). The fourth-order valence-corrected chi connectivity index (χ4v) is 1.83. The Balaban J connectivity index is 2.06. The van der Waals surface area contributed by atoms with Crippen LogP contribution in [-0.4, -0.2) is 17.4 Å². The molecule has 0 fully saturated rings. The lowest BCUT2D eigenvalue weighted by Gasteiger charge is -2.10. The van der Waals surface area contributed by atoms with Crippen molar-refractivity contribution >= 4 is 17.3 Å². The molecule has 0 aliphatic carbocycles. The van der Waals surface area contributed by atoms with Crippen molar-refractivity contribution < 1.29 is 9.18 Å². The molecule has 0 saturated heterocycles. The first-order chi connectivity index (χ1) is 9.58. The maximum absolute atomic E-state index is 13.7. The molecule has 104 valence electrons. The topological polar surface area (TPSA) is 94.0 Å². The van der Waals surface area contributed by atoms with Gasteiger partial charge in [0.1, 0.15) is 5.82 Å². The molecule has 0 aliphatic rings. The number of pyridine rings is 1. The van der Waals surface area contributed by atoms with Crippen LogP contribution in [0.25, 0.3) is 0 Å². The van der Waals surface area contributed by atoms with Gasteiger partial charge in [-0.15, -0.1) is 0 Å². The zero-order chi connectivity index (χ0) is 14.5. The van der Waals surface area contributed by atoms with Crippen molar-refractivity contribution in [3.63, 3.8) is 0 Å². The second-order valence-corrected chi connectivity index (χ2v) is 4.32. The fourth-order valence-electron chi connectivity index (χ4n) is 1.83. The van der Waals surface area contributed by atoms with Gasteiger partial charge in [0, 0.05) is 24.6 Å². The third kappa shape index (κ3) is 3.23. The van der Waals surface area contributed by atoms with Gasteiger partial charge in [0.15, 0.2) is 0 Å². The van der Waals surface area contributed by atoms with Gasteiger partial charge in [-0.1, -0.05) is 0 Å². The van der Waals surface area contributed by atoms with Crippen molar-refractivity contribution in [3.05, 3.63) is 53.6 Å². The molecule has 0 aliphatic heterocycles. The van der Waals surface area contributed by atoms with Crippen molar-refractivity contribution in [2.45, 2.75) is 6.42 Å². The second-order valence-electron chi connectivity index (χ2n) is 4.32. The molecule has 1 aromatic carbocycles. The molecule has 5 nitrogen and oxygen atoms in total. The number of rotatable bonds is 5. The van der Waals surface area contributed by atoms with Crippen LogP contribution in [0.15, 0.2) is 36.7 Å². The van der Waals surface area contributed by atoms with Crippen molar-refractivity contribution in [3.8, 4) is 0 Å². The molecule has 0 unspecified atom stereocenters. The summed E-state index contributed by atoms with van der Waals surface area (Å²) >= 11 is 0. The van der Waals surface area contributed by atoms with E-state index in [2.05, 4.69) is 10.3 Å². The number of benzene rings is 1. The number of carbonyl (C=O) groups is 1. The first kappa shape index (κ1) is 13.8. The number of anilines is 2. The van der Waals surface area contributed by atoms with Crippen LogP contribution in [0, 0.1) is 5.82 Å². The maximum atomic E-state index is 13.7. The number of carbonyl (C=O) groups excluding carboxylic acids is 1. The first-order valence-corrected chi connectivity index (χ1v) is 6.09. The number of nitrogens with two attached hydrogens (primary N) is 2. The molecule has 0 saturated carbocycles. The number of halogens is 1. The lowest BCUT2D eigenvalue weighted by Crippen LogP contribution is -2.15. The average molecular weight is 274 g/mol. The van der Waals surface area contributed by atoms with Gasteiger partial charge < -0.3 is 16.8 Å². The highest BCUT2D eigenvalue weighted by Crippen LogP contribution is 2.21. The Bertz CT molecular complexity index is 616. The molecule has 0 atom stereocenters. The number of amides is 1. The lowest BCUT2D eigenvalue weighted by molar-refractivity contribution is 0.100. The number of aromatic nitrogens is 1. The average Bonchev–Trinajstić information content (AvgIpc) is 2.42. The fraction of sp³-hybridized carbons (Fsp3) is 0.143. The SMILES string of the molecule is NC(=O)c1cc(NCCc2ccncc2)c(F)cc1N. The normalized spacial score (nSPS) is 10.2. The second kappa shape index (κ2) is 6.01. The van der Waals surface area contributed by atoms with E-state index < -0.39 is 11.7 Å². The summed E-state index contributed by atoms with van der Waals surface area (Å²) in [6.45, 7) is 0.517. The summed E-state index contributed by atoms with van der Waals surface area (Å²) in [5, 5.41) is 2.93. The van der Waals surface area contributed by atoms with Crippen LogP contribution in [-0.2, 0) is 6.42 Å². The molecule has 1 amide bonds. The largest absolute Gasteiger partial charge is 0.398 e. The molecule has 5 N–H and O–H groups in total.